The van der Waals surface area contributed by atoms with E-state index in [-0.39, 0.29) is 18.4 Å². The van der Waals surface area contributed by atoms with Gasteiger partial charge >= 0.3 is 0 Å². The van der Waals surface area contributed by atoms with Crippen LogP contribution >= 0.6 is 27.3 Å². The number of thiophene rings is 1. The molecule has 4 nitrogen and oxygen atoms in total. The molecule has 6 heteroatoms. The van der Waals surface area contributed by atoms with Crippen LogP contribution in [0.15, 0.2) is 15.2 Å². The topological polar surface area (TPSA) is 58.2 Å². The van der Waals surface area contributed by atoms with E-state index < -0.39 is 0 Å². The largest absolute Gasteiger partial charge is 0.354 e. The second-order valence-electron chi connectivity index (χ2n) is 4.02. The average molecular weight is 319 g/mol. The highest BCUT2D eigenvalue weighted by molar-refractivity contribution is 9.11. The summed E-state index contributed by atoms with van der Waals surface area (Å²) in [5.74, 6) is 0.00970. The zero-order valence-corrected chi connectivity index (χ0v) is 12.2. The molecule has 2 amide bonds. The van der Waals surface area contributed by atoms with Gasteiger partial charge in [0.05, 0.1) is 15.9 Å². The number of amides is 2. The predicted octanol–water partition coefficient (Wildman–Crippen LogP) is 2.01. The molecule has 0 atom stereocenters. The number of nitrogens with one attached hydrogen (secondary N) is 2. The van der Waals surface area contributed by atoms with Crippen LogP contribution in [0.5, 0.6) is 0 Å². The molecule has 0 saturated carbocycles. The van der Waals surface area contributed by atoms with Crippen molar-refractivity contribution >= 4 is 39.1 Å². The van der Waals surface area contributed by atoms with E-state index in [4.69, 9.17) is 0 Å². The van der Waals surface area contributed by atoms with E-state index in [9.17, 15) is 9.59 Å². The first-order valence-electron chi connectivity index (χ1n) is 5.28. The molecule has 0 saturated heterocycles. The smallest absolute Gasteiger partial charge is 0.252 e. The minimum absolute atomic E-state index is 0.0129. The van der Waals surface area contributed by atoms with Crippen LogP contribution in [0, 0.1) is 5.92 Å². The van der Waals surface area contributed by atoms with Gasteiger partial charge in [-0.2, -0.15) is 0 Å². The van der Waals surface area contributed by atoms with Crippen molar-refractivity contribution in [3.05, 3.63) is 20.8 Å². The average Bonchev–Trinajstić information content (AvgIpc) is 2.70. The van der Waals surface area contributed by atoms with Crippen molar-refractivity contribution in [3.8, 4) is 0 Å². The molecule has 0 unspecified atom stereocenters. The standard InChI is InChI=1S/C11H15BrN2O2S/c1-7(2)4-13-10(15)5-14-11(16)8-3-9(12)17-6-8/h3,6-7H,4-5H2,1-2H3,(H,13,15)(H,14,16). The Kier molecular flexibility index (Phi) is 5.64. The quantitative estimate of drug-likeness (QED) is 0.872. The van der Waals surface area contributed by atoms with Crippen LogP contribution in [0.3, 0.4) is 0 Å². The molecule has 0 aliphatic heterocycles. The molecule has 0 bridgehead atoms. The molecule has 1 aromatic heterocycles. The zero-order chi connectivity index (χ0) is 12.8. The molecule has 0 spiro atoms. The van der Waals surface area contributed by atoms with Crippen molar-refractivity contribution in [1.82, 2.24) is 10.6 Å². The third kappa shape index (κ3) is 5.32. The van der Waals surface area contributed by atoms with E-state index in [0.29, 0.717) is 18.0 Å². The molecule has 1 aromatic rings. The SMILES string of the molecule is CC(C)CNC(=O)CNC(=O)c1csc(Br)c1. The van der Waals surface area contributed by atoms with Gasteiger partial charge in [0.2, 0.25) is 5.91 Å². The van der Waals surface area contributed by atoms with E-state index in [1.807, 2.05) is 13.8 Å². The van der Waals surface area contributed by atoms with Crippen LogP contribution in [0.4, 0.5) is 0 Å². The van der Waals surface area contributed by atoms with Gasteiger partial charge in [-0.1, -0.05) is 13.8 Å². The fourth-order valence-corrected chi connectivity index (χ4v) is 2.21. The molecule has 1 heterocycles. The Morgan fingerprint density at radius 3 is 2.65 bits per heavy atom. The van der Waals surface area contributed by atoms with Gasteiger partial charge < -0.3 is 10.6 Å². The van der Waals surface area contributed by atoms with Gasteiger partial charge in [-0.15, -0.1) is 11.3 Å². The maximum atomic E-state index is 11.6. The van der Waals surface area contributed by atoms with Crippen molar-refractivity contribution in [3.63, 3.8) is 0 Å². The van der Waals surface area contributed by atoms with Crippen LogP contribution in [0.2, 0.25) is 0 Å². The van der Waals surface area contributed by atoms with Crippen molar-refractivity contribution in [1.29, 1.82) is 0 Å². The summed E-state index contributed by atoms with van der Waals surface area (Å²) in [4.78, 5) is 23.0. The molecular weight excluding hydrogens is 304 g/mol. The number of hydrogen-bond acceptors (Lipinski definition) is 3. The van der Waals surface area contributed by atoms with E-state index in [1.165, 1.54) is 11.3 Å². The first kappa shape index (κ1) is 14.2. The summed E-state index contributed by atoms with van der Waals surface area (Å²) in [7, 11) is 0. The van der Waals surface area contributed by atoms with Gasteiger partial charge in [0.15, 0.2) is 0 Å². The zero-order valence-electron chi connectivity index (χ0n) is 9.75. The summed E-state index contributed by atoms with van der Waals surface area (Å²) in [5.41, 5.74) is 0.568. The van der Waals surface area contributed by atoms with Crippen molar-refractivity contribution < 1.29 is 9.59 Å². The molecule has 0 radical (unpaired) electrons. The fraction of sp³-hybridized carbons (Fsp3) is 0.455. The first-order chi connectivity index (χ1) is 7.99. The monoisotopic (exact) mass is 318 g/mol. The Bertz CT molecular complexity index is 404. The maximum Gasteiger partial charge on any atom is 0.252 e. The summed E-state index contributed by atoms with van der Waals surface area (Å²) in [6.07, 6.45) is 0. The lowest BCUT2D eigenvalue weighted by atomic mass is 10.2. The fourth-order valence-electron chi connectivity index (χ4n) is 1.07. The summed E-state index contributed by atoms with van der Waals surface area (Å²) in [5, 5.41) is 7.05. The van der Waals surface area contributed by atoms with Crippen LogP contribution in [-0.2, 0) is 4.79 Å². The lowest BCUT2D eigenvalue weighted by Gasteiger charge is -2.08. The number of rotatable bonds is 5. The van der Waals surface area contributed by atoms with Crippen molar-refractivity contribution in [2.45, 2.75) is 13.8 Å². The molecule has 94 valence electrons. The molecule has 17 heavy (non-hydrogen) atoms. The Balaban J connectivity index is 2.31. The second-order valence-corrected chi connectivity index (χ2v) is 6.31. The molecule has 0 aliphatic carbocycles. The lowest BCUT2D eigenvalue weighted by molar-refractivity contribution is -0.120. The van der Waals surface area contributed by atoms with E-state index in [0.717, 1.165) is 3.79 Å². The number of hydrogen-bond donors (Lipinski definition) is 2. The van der Waals surface area contributed by atoms with Crippen LogP contribution in [-0.4, -0.2) is 24.9 Å². The highest BCUT2D eigenvalue weighted by Gasteiger charge is 2.09. The molecule has 0 aromatic carbocycles. The van der Waals surface area contributed by atoms with Gasteiger partial charge in [-0.25, -0.2) is 0 Å². The molecule has 1 rings (SSSR count). The number of halogens is 1. The minimum atomic E-state index is -0.230. The minimum Gasteiger partial charge on any atom is -0.354 e. The van der Waals surface area contributed by atoms with E-state index in [2.05, 4.69) is 26.6 Å². The number of carbonyl (C=O) groups excluding carboxylic acids is 2. The second kappa shape index (κ2) is 6.76. The van der Waals surface area contributed by atoms with Gasteiger partial charge in [0, 0.05) is 11.9 Å². The molecule has 0 fully saturated rings. The van der Waals surface area contributed by atoms with Gasteiger partial charge in [0.1, 0.15) is 0 Å². The molecule has 0 aliphatic rings. The van der Waals surface area contributed by atoms with Crippen LogP contribution < -0.4 is 10.6 Å². The van der Waals surface area contributed by atoms with Crippen LogP contribution in [0.25, 0.3) is 0 Å². The lowest BCUT2D eigenvalue weighted by Crippen LogP contribution is -2.38. The molecular formula is C11H15BrN2O2S. The highest BCUT2D eigenvalue weighted by atomic mass is 79.9. The van der Waals surface area contributed by atoms with Gasteiger partial charge in [-0.3, -0.25) is 9.59 Å². The highest BCUT2D eigenvalue weighted by Crippen LogP contribution is 2.20. The van der Waals surface area contributed by atoms with Crippen molar-refractivity contribution in [2.24, 2.45) is 5.92 Å². The van der Waals surface area contributed by atoms with E-state index in [1.54, 1.807) is 11.4 Å². The third-order valence-electron chi connectivity index (χ3n) is 1.95. The van der Waals surface area contributed by atoms with Gasteiger partial charge in [0.25, 0.3) is 5.91 Å². The Hall–Kier alpha value is -0.880. The van der Waals surface area contributed by atoms with E-state index >= 15 is 0 Å². The first-order valence-corrected chi connectivity index (χ1v) is 6.95. The summed E-state index contributed by atoms with van der Waals surface area (Å²) in [6.45, 7) is 4.67. The number of carbonyl (C=O) groups is 2. The van der Waals surface area contributed by atoms with Crippen LogP contribution in [0.1, 0.15) is 24.2 Å². The summed E-state index contributed by atoms with van der Waals surface area (Å²) < 4.78 is 0.895. The summed E-state index contributed by atoms with van der Waals surface area (Å²) >= 11 is 4.72. The third-order valence-corrected chi connectivity index (χ3v) is 3.45. The Morgan fingerprint density at radius 1 is 1.41 bits per heavy atom. The predicted molar refractivity (Wildman–Crippen MR) is 72.2 cm³/mol. The van der Waals surface area contributed by atoms with Gasteiger partial charge in [-0.05, 0) is 27.9 Å². The maximum absolute atomic E-state index is 11.6. The Morgan fingerprint density at radius 2 is 2.12 bits per heavy atom. The Labute approximate surface area is 113 Å². The van der Waals surface area contributed by atoms with Crippen molar-refractivity contribution in [2.75, 3.05) is 13.1 Å². The molecule has 2 N–H and O–H groups in total. The normalized spacial score (nSPS) is 10.4. The summed E-state index contributed by atoms with van der Waals surface area (Å²) in [6, 6.07) is 1.73.